The van der Waals surface area contributed by atoms with Gasteiger partial charge in [0.25, 0.3) is 0 Å². The van der Waals surface area contributed by atoms with Crippen LogP contribution in [-0.2, 0) is 16.0 Å². The molecule has 186 valence electrons. The van der Waals surface area contributed by atoms with Crippen LogP contribution >= 0.6 is 11.6 Å². The summed E-state index contributed by atoms with van der Waals surface area (Å²) in [5.41, 5.74) is 3.35. The van der Waals surface area contributed by atoms with Crippen molar-refractivity contribution in [2.75, 3.05) is 25.1 Å². The van der Waals surface area contributed by atoms with E-state index in [9.17, 15) is 5.11 Å². The van der Waals surface area contributed by atoms with Crippen molar-refractivity contribution >= 4 is 17.3 Å². The molecule has 3 aromatic carbocycles. The summed E-state index contributed by atoms with van der Waals surface area (Å²) in [6.45, 7) is 5.16. The highest BCUT2D eigenvalue weighted by Crippen LogP contribution is 2.26. The number of ether oxygens (including phenoxy) is 2. The lowest BCUT2D eigenvalue weighted by Gasteiger charge is -2.34. The van der Waals surface area contributed by atoms with Crippen LogP contribution in [0, 0.1) is 0 Å². The van der Waals surface area contributed by atoms with Gasteiger partial charge in [0.1, 0.15) is 5.75 Å². The van der Waals surface area contributed by atoms with Crippen molar-refractivity contribution < 1.29 is 14.6 Å². The van der Waals surface area contributed by atoms with Crippen molar-refractivity contribution in [2.24, 2.45) is 0 Å². The number of hydrogen-bond donors (Lipinski definition) is 2. The highest BCUT2D eigenvalue weighted by molar-refractivity contribution is 6.30. The standard InChI is InChI=1S/C29H35ClN2O3/c1-22(21-35-29-9-5-6-18-34-29)32(19-23-7-3-2-4-8-23)20-28(24-10-12-25(30)13-11-24)31-26-14-16-27(33)17-15-26/h2-4,7-8,10-17,22,28-29,31,33H,5-6,9,18-21H2,1H3. The fourth-order valence-corrected chi connectivity index (χ4v) is 4.46. The van der Waals surface area contributed by atoms with Crippen LogP contribution in [0.2, 0.25) is 5.02 Å². The maximum absolute atomic E-state index is 9.71. The molecule has 5 nitrogen and oxygen atoms in total. The Morgan fingerprint density at radius 3 is 2.46 bits per heavy atom. The van der Waals surface area contributed by atoms with E-state index in [-0.39, 0.29) is 24.1 Å². The van der Waals surface area contributed by atoms with Crippen LogP contribution in [-0.4, -0.2) is 42.1 Å². The Kier molecular flexibility index (Phi) is 9.43. The Balaban J connectivity index is 1.53. The van der Waals surface area contributed by atoms with Gasteiger partial charge in [0.15, 0.2) is 6.29 Å². The summed E-state index contributed by atoms with van der Waals surface area (Å²) < 4.78 is 12.0. The maximum atomic E-state index is 9.71. The normalized spacial score (nSPS) is 17.7. The smallest absolute Gasteiger partial charge is 0.157 e. The molecule has 3 unspecified atom stereocenters. The molecular weight excluding hydrogens is 460 g/mol. The number of anilines is 1. The summed E-state index contributed by atoms with van der Waals surface area (Å²) in [6, 6.07) is 25.9. The topological polar surface area (TPSA) is 54.0 Å². The Labute approximate surface area is 213 Å². The summed E-state index contributed by atoms with van der Waals surface area (Å²) in [7, 11) is 0. The van der Waals surface area contributed by atoms with Crippen LogP contribution < -0.4 is 5.32 Å². The SMILES string of the molecule is CC(COC1CCCCO1)N(Cc1ccccc1)CC(Nc1ccc(O)cc1)c1ccc(Cl)cc1. The number of aromatic hydroxyl groups is 1. The number of phenols is 1. The minimum atomic E-state index is -0.105. The van der Waals surface area contributed by atoms with Gasteiger partial charge in [0.05, 0.1) is 12.6 Å². The zero-order chi connectivity index (χ0) is 24.5. The van der Waals surface area contributed by atoms with Crippen LogP contribution in [0.5, 0.6) is 5.75 Å². The van der Waals surface area contributed by atoms with Crippen LogP contribution in [0.1, 0.15) is 43.4 Å². The molecule has 0 amide bonds. The third-order valence-corrected chi connectivity index (χ3v) is 6.66. The zero-order valence-electron chi connectivity index (χ0n) is 20.3. The van der Waals surface area contributed by atoms with Crippen molar-refractivity contribution in [3.63, 3.8) is 0 Å². The minimum absolute atomic E-state index is 0.00824. The van der Waals surface area contributed by atoms with Crippen molar-refractivity contribution in [1.82, 2.24) is 4.90 Å². The molecule has 35 heavy (non-hydrogen) atoms. The average Bonchev–Trinajstić information content (AvgIpc) is 2.89. The largest absolute Gasteiger partial charge is 0.508 e. The van der Waals surface area contributed by atoms with E-state index in [4.69, 9.17) is 21.1 Å². The lowest BCUT2D eigenvalue weighted by molar-refractivity contribution is -0.170. The number of benzene rings is 3. The molecule has 0 bridgehead atoms. The fraction of sp³-hybridized carbons (Fsp3) is 0.379. The molecule has 4 rings (SSSR count). The van der Waals surface area contributed by atoms with Gasteiger partial charge in [-0.15, -0.1) is 0 Å². The molecule has 1 saturated heterocycles. The Bertz CT molecular complexity index is 1010. The van der Waals surface area contributed by atoms with E-state index in [0.717, 1.165) is 50.2 Å². The number of rotatable bonds is 11. The van der Waals surface area contributed by atoms with Gasteiger partial charge in [0.2, 0.25) is 0 Å². The fourth-order valence-electron chi connectivity index (χ4n) is 4.34. The highest BCUT2D eigenvalue weighted by Gasteiger charge is 2.23. The molecule has 6 heteroatoms. The summed E-state index contributed by atoms with van der Waals surface area (Å²) >= 11 is 6.19. The Hall–Kier alpha value is -2.57. The Morgan fingerprint density at radius 2 is 1.77 bits per heavy atom. The molecule has 1 aliphatic rings. The summed E-state index contributed by atoms with van der Waals surface area (Å²) in [5.74, 6) is 0.250. The molecule has 1 fully saturated rings. The summed E-state index contributed by atoms with van der Waals surface area (Å²) in [6.07, 6.45) is 3.12. The average molecular weight is 495 g/mol. The van der Waals surface area contributed by atoms with E-state index in [0.29, 0.717) is 11.6 Å². The molecule has 0 spiro atoms. The van der Waals surface area contributed by atoms with Crippen LogP contribution in [0.4, 0.5) is 5.69 Å². The number of nitrogens with one attached hydrogen (secondary N) is 1. The lowest BCUT2D eigenvalue weighted by Crippen LogP contribution is -2.41. The van der Waals surface area contributed by atoms with Gasteiger partial charge < -0.3 is 19.9 Å². The Morgan fingerprint density at radius 1 is 1.03 bits per heavy atom. The van der Waals surface area contributed by atoms with E-state index in [1.54, 1.807) is 12.1 Å². The predicted octanol–water partition coefficient (Wildman–Crippen LogP) is 6.63. The minimum Gasteiger partial charge on any atom is -0.508 e. The number of phenolic OH excluding ortho intramolecular Hbond substituents is 1. The first kappa shape index (κ1) is 25.5. The van der Waals surface area contributed by atoms with Crippen LogP contribution in [0.25, 0.3) is 0 Å². The van der Waals surface area contributed by atoms with E-state index in [2.05, 4.69) is 53.5 Å². The van der Waals surface area contributed by atoms with Crippen LogP contribution in [0.3, 0.4) is 0 Å². The second kappa shape index (κ2) is 12.9. The van der Waals surface area contributed by atoms with E-state index >= 15 is 0 Å². The third-order valence-electron chi connectivity index (χ3n) is 6.41. The van der Waals surface area contributed by atoms with Crippen molar-refractivity contribution in [3.05, 3.63) is 95.0 Å². The van der Waals surface area contributed by atoms with E-state index in [1.165, 1.54) is 5.56 Å². The number of hydrogen-bond acceptors (Lipinski definition) is 5. The van der Waals surface area contributed by atoms with E-state index in [1.807, 2.05) is 30.3 Å². The molecule has 3 atom stereocenters. The predicted molar refractivity (Wildman–Crippen MR) is 142 cm³/mol. The molecule has 0 radical (unpaired) electrons. The molecular formula is C29H35ClN2O3. The second-order valence-corrected chi connectivity index (χ2v) is 9.63. The molecule has 3 aromatic rings. The quantitative estimate of drug-likeness (QED) is 0.293. The highest BCUT2D eigenvalue weighted by atomic mass is 35.5. The monoisotopic (exact) mass is 494 g/mol. The van der Waals surface area contributed by atoms with Gasteiger partial charge in [-0.1, -0.05) is 54.1 Å². The van der Waals surface area contributed by atoms with Gasteiger partial charge in [-0.25, -0.2) is 0 Å². The molecule has 0 aliphatic carbocycles. The summed E-state index contributed by atoms with van der Waals surface area (Å²) in [5, 5.41) is 14.1. The van der Waals surface area contributed by atoms with Gasteiger partial charge in [-0.2, -0.15) is 0 Å². The third kappa shape index (κ3) is 7.97. The van der Waals surface area contributed by atoms with Crippen LogP contribution in [0.15, 0.2) is 78.9 Å². The van der Waals surface area contributed by atoms with Gasteiger partial charge >= 0.3 is 0 Å². The van der Waals surface area contributed by atoms with Crippen molar-refractivity contribution in [3.8, 4) is 5.75 Å². The molecule has 0 saturated carbocycles. The number of halogens is 1. The van der Waals surface area contributed by atoms with Gasteiger partial charge in [0, 0.05) is 36.4 Å². The molecule has 2 N–H and O–H groups in total. The summed E-state index contributed by atoms with van der Waals surface area (Å²) in [4.78, 5) is 2.45. The second-order valence-electron chi connectivity index (χ2n) is 9.19. The number of nitrogens with zero attached hydrogens (tertiary/aromatic N) is 1. The first-order valence-electron chi connectivity index (χ1n) is 12.4. The molecule has 0 aromatic heterocycles. The maximum Gasteiger partial charge on any atom is 0.157 e. The van der Waals surface area contributed by atoms with Crippen molar-refractivity contribution in [1.29, 1.82) is 0 Å². The van der Waals surface area contributed by atoms with Gasteiger partial charge in [-0.05, 0) is 73.7 Å². The van der Waals surface area contributed by atoms with Crippen molar-refractivity contribution in [2.45, 2.75) is 51.1 Å². The molecule has 1 aliphatic heterocycles. The first-order chi connectivity index (χ1) is 17.1. The first-order valence-corrected chi connectivity index (χ1v) is 12.8. The lowest BCUT2D eigenvalue weighted by atomic mass is 10.0. The zero-order valence-corrected chi connectivity index (χ0v) is 21.0. The van der Waals surface area contributed by atoms with Gasteiger partial charge in [-0.3, -0.25) is 4.90 Å². The molecule has 1 heterocycles. The van der Waals surface area contributed by atoms with E-state index < -0.39 is 0 Å².